The van der Waals surface area contributed by atoms with Crippen LogP contribution in [0.2, 0.25) is 0 Å². The number of fused-ring (bicyclic) bond motifs is 1. The lowest BCUT2D eigenvalue weighted by Crippen LogP contribution is -2.33. The van der Waals surface area contributed by atoms with Gasteiger partial charge in [-0.25, -0.2) is 0 Å². The maximum Gasteiger partial charge on any atom is 0.0912 e. The van der Waals surface area contributed by atoms with Crippen molar-refractivity contribution in [3.8, 4) is 0 Å². The van der Waals surface area contributed by atoms with Gasteiger partial charge in [0.15, 0.2) is 0 Å². The molecule has 0 amide bonds. The zero-order chi connectivity index (χ0) is 20.1. The lowest BCUT2D eigenvalue weighted by molar-refractivity contribution is 0.132. The molecule has 3 nitrogen and oxygen atoms in total. The lowest BCUT2D eigenvalue weighted by atomic mass is 10.00. The molecule has 0 fully saturated rings. The van der Waals surface area contributed by atoms with Gasteiger partial charge in [0.25, 0.3) is 0 Å². The zero-order valence-corrected chi connectivity index (χ0v) is 18.1. The summed E-state index contributed by atoms with van der Waals surface area (Å²) in [5, 5.41) is 15.2. The second kappa shape index (κ2) is 10.4. The van der Waals surface area contributed by atoms with Crippen LogP contribution in [0.1, 0.15) is 22.7 Å². The van der Waals surface area contributed by atoms with Gasteiger partial charge in [-0.1, -0.05) is 66.7 Å². The summed E-state index contributed by atoms with van der Waals surface area (Å²) in [6, 6.07) is 29.6. The fourth-order valence-electron chi connectivity index (χ4n) is 4.08. The Kier molecular flexibility index (Phi) is 7.69. The van der Waals surface area contributed by atoms with E-state index in [0.29, 0.717) is 6.54 Å². The predicted octanol–water partition coefficient (Wildman–Crippen LogP) is 5.02. The molecule has 2 N–H and O–H groups in total. The van der Waals surface area contributed by atoms with Crippen LogP contribution in [-0.4, -0.2) is 29.4 Å². The third kappa shape index (κ3) is 4.93. The Labute approximate surface area is 184 Å². The number of benzene rings is 3. The number of aliphatic hydroxyl groups is 1. The van der Waals surface area contributed by atoms with Crippen molar-refractivity contribution in [1.82, 2.24) is 9.88 Å². The van der Waals surface area contributed by atoms with Gasteiger partial charge in [-0.2, -0.15) is 0 Å². The molecule has 0 unspecified atom stereocenters. The Morgan fingerprint density at radius 3 is 2.20 bits per heavy atom. The van der Waals surface area contributed by atoms with Crippen molar-refractivity contribution in [3.63, 3.8) is 0 Å². The van der Waals surface area contributed by atoms with E-state index < -0.39 is 6.10 Å². The maximum absolute atomic E-state index is 10.9. The van der Waals surface area contributed by atoms with Crippen molar-refractivity contribution >= 4 is 23.3 Å². The molecule has 4 aromatic rings. The molecule has 0 aliphatic rings. The Morgan fingerprint density at radius 2 is 1.50 bits per heavy atom. The standard InChI is InChI=1S/C26H28N2O.ClH/c1-27-19-25(29)26(22-10-6-3-7-11-22)28-17-16-23-18-21(14-15-24(23)28)13-12-20-8-4-2-5-9-20;/h2-11,14-18,25-27,29H,12-13,19H2,1H3;1H/t25-,26+;/m1./s1. The zero-order valence-electron chi connectivity index (χ0n) is 17.2. The molecular formula is C26H29ClN2O. The minimum atomic E-state index is -0.518. The molecule has 4 heteroatoms. The highest BCUT2D eigenvalue weighted by molar-refractivity contribution is 5.85. The first-order valence-electron chi connectivity index (χ1n) is 10.3. The van der Waals surface area contributed by atoms with Crippen LogP contribution in [0.25, 0.3) is 10.9 Å². The molecule has 0 aliphatic heterocycles. The summed E-state index contributed by atoms with van der Waals surface area (Å²) in [7, 11) is 1.87. The van der Waals surface area contributed by atoms with Gasteiger partial charge in [-0.3, -0.25) is 0 Å². The van der Waals surface area contributed by atoms with E-state index in [1.807, 2.05) is 25.2 Å². The lowest BCUT2D eigenvalue weighted by Gasteiger charge is -2.26. The molecule has 0 spiro atoms. The second-order valence-corrected chi connectivity index (χ2v) is 7.58. The first-order valence-corrected chi connectivity index (χ1v) is 10.3. The Morgan fingerprint density at radius 1 is 0.833 bits per heavy atom. The van der Waals surface area contributed by atoms with Crippen molar-refractivity contribution in [2.75, 3.05) is 13.6 Å². The molecule has 3 aromatic carbocycles. The topological polar surface area (TPSA) is 37.2 Å². The molecule has 30 heavy (non-hydrogen) atoms. The van der Waals surface area contributed by atoms with E-state index in [9.17, 15) is 5.11 Å². The van der Waals surface area contributed by atoms with Gasteiger partial charge >= 0.3 is 0 Å². The van der Waals surface area contributed by atoms with Crippen LogP contribution < -0.4 is 5.32 Å². The molecule has 1 heterocycles. The van der Waals surface area contributed by atoms with E-state index in [1.165, 1.54) is 16.5 Å². The van der Waals surface area contributed by atoms with E-state index in [0.717, 1.165) is 23.9 Å². The SMILES string of the molecule is CNC[C@@H](O)[C@H](c1ccccc1)n1ccc2cc(CCc3ccccc3)ccc21.Cl. The number of aliphatic hydroxyl groups excluding tert-OH is 1. The molecular weight excluding hydrogens is 392 g/mol. The summed E-state index contributed by atoms with van der Waals surface area (Å²) in [5.41, 5.74) is 4.97. The highest BCUT2D eigenvalue weighted by Crippen LogP contribution is 2.28. The van der Waals surface area contributed by atoms with Gasteiger partial charge in [-0.15, -0.1) is 12.4 Å². The number of rotatable bonds is 8. The highest BCUT2D eigenvalue weighted by atomic mass is 35.5. The average molecular weight is 421 g/mol. The maximum atomic E-state index is 10.9. The average Bonchev–Trinajstić information content (AvgIpc) is 3.17. The monoisotopic (exact) mass is 420 g/mol. The van der Waals surface area contributed by atoms with Crippen LogP contribution >= 0.6 is 12.4 Å². The van der Waals surface area contributed by atoms with Gasteiger partial charge in [0, 0.05) is 18.3 Å². The van der Waals surface area contributed by atoms with Gasteiger partial charge in [0.1, 0.15) is 0 Å². The van der Waals surface area contributed by atoms with Crippen molar-refractivity contribution in [1.29, 1.82) is 0 Å². The van der Waals surface area contributed by atoms with Crippen LogP contribution in [0.3, 0.4) is 0 Å². The molecule has 1 aromatic heterocycles. The van der Waals surface area contributed by atoms with Gasteiger partial charge < -0.3 is 15.0 Å². The molecule has 2 atom stereocenters. The molecule has 0 saturated carbocycles. The largest absolute Gasteiger partial charge is 0.389 e. The van der Waals surface area contributed by atoms with E-state index in [1.54, 1.807) is 0 Å². The molecule has 4 rings (SSSR count). The predicted molar refractivity (Wildman–Crippen MR) is 128 cm³/mol. The number of halogens is 1. The number of nitrogens with zero attached hydrogens (tertiary/aromatic N) is 1. The molecule has 0 aliphatic carbocycles. The first kappa shape index (κ1) is 22.1. The quantitative estimate of drug-likeness (QED) is 0.420. The summed E-state index contributed by atoms with van der Waals surface area (Å²) in [4.78, 5) is 0. The Bertz CT molecular complexity index is 1050. The van der Waals surface area contributed by atoms with Crippen LogP contribution in [0.4, 0.5) is 0 Å². The van der Waals surface area contributed by atoms with Crippen molar-refractivity contribution in [2.45, 2.75) is 25.0 Å². The molecule has 0 saturated heterocycles. The third-order valence-electron chi connectivity index (χ3n) is 5.55. The minimum Gasteiger partial charge on any atom is -0.389 e. The number of hydrogen-bond donors (Lipinski definition) is 2. The third-order valence-corrected chi connectivity index (χ3v) is 5.55. The summed E-state index contributed by atoms with van der Waals surface area (Å²) in [6.45, 7) is 0.536. The number of nitrogens with one attached hydrogen (secondary N) is 1. The Hall–Kier alpha value is -2.59. The van der Waals surface area contributed by atoms with Crippen LogP contribution in [0.15, 0.2) is 91.1 Å². The second-order valence-electron chi connectivity index (χ2n) is 7.58. The van der Waals surface area contributed by atoms with Gasteiger partial charge in [0.05, 0.1) is 12.1 Å². The Balaban J connectivity index is 0.00000256. The molecule has 156 valence electrons. The van der Waals surface area contributed by atoms with Crippen molar-refractivity contribution in [3.05, 3.63) is 108 Å². The van der Waals surface area contributed by atoms with Crippen LogP contribution in [0.5, 0.6) is 0 Å². The number of likely N-dealkylation sites (N-methyl/N-ethyl adjacent to an activating group) is 1. The number of aryl methyl sites for hydroxylation is 2. The van der Waals surface area contributed by atoms with E-state index in [-0.39, 0.29) is 18.4 Å². The summed E-state index contributed by atoms with van der Waals surface area (Å²) in [5.74, 6) is 0. The smallest absolute Gasteiger partial charge is 0.0912 e. The summed E-state index contributed by atoms with van der Waals surface area (Å²) >= 11 is 0. The number of hydrogen-bond acceptors (Lipinski definition) is 2. The summed E-state index contributed by atoms with van der Waals surface area (Å²) < 4.78 is 2.20. The fraction of sp³-hybridized carbons (Fsp3) is 0.231. The molecule has 0 bridgehead atoms. The normalized spacial score (nSPS) is 13.0. The van der Waals surface area contributed by atoms with Crippen molar-refractivity contribution in [2.24, 2.45) is 0 Å². The van der Waals surface area contributed by atoms with E-state index in [2.05, 4.69) is 82.8 Å². The van der Waals surface area contributed by atoms with Gasteiger partial charge in [0.2, 0.25) is 0 Å². The van der Waals surface area contributed by atoms with E-state index in [4.69, 9.17) is 0 Å². The first-order chi connectivity index (χ1) is 14.3. The van der Waals surface area contributed by atoms with Gasteiger partial charge in [-0.05, 0) is 60.2 Å². The fourth-order valence-corrected chi connectivity index (χ4v) is 4.08. The summed E-state index contributed by atoms with van der Waals surface area (Å²) in [6.07, 6.45) is 3.65. The van der Waals surface area contributed by atoms with E-state index >= 15 is 0 Å². The highest BCUT2D eigenvalue weighted by Gasteiger charge is 2.23. The van der Waals surface area contributed by atoms with Crippen LogP contribution in [-0.2, 0) is 12.8 Å². The minimum absolute atomic E-state index is 0. The number of aromatic nitrogens is 1. The molecule has 0 radical (unpaired) electrons. The van der Waals surface area contributed by atoms with Crippen molar-refractivity contribution < 1.29 is 5.11 Å². The van der Waals surface area contributed by atoms with Crippen LogP contribution in [0, 0.1) is 0 Å².